The molecular weight excluding hydrogens is 290 g/mol. The first-order chi connectivity index (χ1) is 11.1. The summed E-state index contributed by atoms with van der Waals surface area (Å²) in [5.74, 6) is -0.795. The molecule has 0 saturated carbocycles. The van der Waals surface area contributed by atoms with Crippen molar-refractivity contribution >= 4 is 18.0 Å². The highest BCUT2D eigenvalue weighted by atomic mass is 16.5. The number of aryl methyl sites for hydroxylation is 1. The van der Waals surface area contributed by atoms with E-state index in [1.165, 1.54) is 6.08 Å². The molecule has 0 aliphatic rings. The van der Waals surface area contributed by atoms with Crippen molar-refractivity contribution in [3.63, 3.8) is 0 Å². The highest BCUT2D eigenvalue weighted by molar-refractivity contribution is 5.93. The number of carbonyl (C=O) groups is 2. The molecule has 0 saturated heterocycles. The Morgan fingerprint density at radius 3 is 2.48 bits per heavy atom. The van der Waals surface area contributed by atoms with Crippen LogP contribution in [0.3, 0.4) is 0 Å². The van der Waals surface area contributed by atoms with Gasteiger partial charge in [-0.3, -0.25) is 9.59 Å². The maximum Gasteiger partial charge on any atom is 0.325 e. The second-order valence-corrected chi connectivity index (χ2v) is 5.05. The van der Waals surface area contributed by atoms with Crippen LogP contribution in [-0.2, 0) is 20.9 Å². The van der Waals surface area contributed by atoms with Gasteiger partial charge in [0.2, 0.25) is 5.91 Å². The summed E-state index contributed by atoms with van der Waals surface area (Å²) in [6.07, 6.45) is 3.13. The Kier molecular flexibility index (Phi) is 6.12. The molecule has 0 fully saturated rings. The minimum atomic E-state index is -0.466. The molecule has 23 heavy (non-hydrogen) atoms. The zero-order valence-corrected chi connectivity index (χ0v) is 13.0. The standard InChI is InChI=1S/C19H19NO3/c1-15-7-5-6-10-17(15)11-12-18(21)20-13-19(22)23-14-16-8-3-2-4-9-16/h2-12H,13-14H2,1H3,(H,20,21)/b12-11+. The quantitative estimate of drug-likeness (QED) is 0.659. The fraction of sp³-hybridized carbons (Fsp3) is 0.158. The fourth-order valence-electron chi connectivity index (χ4n) is 1.95. The lowest BCUT2D eigenvalue weighted by molar-refractivity contribution is -0.144. The van der Waals surface area contributed by atoms with Gasteiger partial charge in [-0.25, -0.2) is 0 Å². The Balaban J connectivity index is 1.73. The molecule has 2 aromatic rings. The van der Waals surface area contributed by atoms with E-state index in [1.54, 1.807) is 6.08 Å². The van der Waals surface area contributed by atoms with Gasteiger partial charge in [0, 0.05) is 6.08 Å². The fourth-order valence-corrected chi connectivity index (χ4v) is 1.95. The van der Waals surface area contributed by atoms with E-state index < -0.39 is 5.97 Å². The van der Waals surface area contributed by atoms with E-state index in [0.717, 1.165) is 16.7 Å². The van der Waals surface area contributed by atoms with E-state index in [-0.39, 0.29) is 19.1 Å². The van der Waals surface area contributed by atoms with Crippen LogP contribution < -0.4 is 5.32 Å². The van der Waals surface area contributed by atoms with Gasteiger partial charge < -0.3 is 10.1 Å². The average molecular weight is 309 g/mol. The van der Waals surface area contributed by atoms with Crippen molar-refractivity contribution in [3.05, 3.63) is 77.4 Å². The molecule has 0 aliphatic heterocycles. The van der Waals surface area contributed by atoms with Gasteiger partial charge in [0.05, 0.1) is 0 Å². The monoisotopic (exact) mass is 309 g/mol. The van der Waals surface area contributed by atoms with Gasteiger partial charge >= 0.3 is 5.97 Å². The first-order valence-electron chi connectivity index (χ1n) is 7.36. The third kappa shape index (κ3) is 5.79. The number of hydrogen-bond acceptors (Lipinski definition) is 3. The van der Waals surface area contributed by atoms with E-state index in [0.29, 0.717) is 0 Å². The topological polar surface area (TPSA) is 55.4 Å². The first-order valence-corrected chi connectivity index (χ1v) is 7.36. The molecule has 0 radical (unpaired) electrons. The lowest BCUT2D eigenvalue weighted by Gasteiger charge is -2.05. The van der Waals surface area contributed by atoms with Gasteiger partial charge in [0.25, 0.3) is 0 Å². The Hall–Kier alpha value is -2.88. The molecule has 0 aromatic heterocycles. The van der Waals surface area contributed by atoms with Crippen molar-refractivity contribution in [2.45, 2.75) is 13.5 Å². The maximum absolute atomic E-state index is 11.7. The smallest absolute Gasteiger partial charge is 0.325 e. The minimum Gasteiger partial charge on any atom is -0.460 e. The maximum atomic E-state index is 11.7. The lowest BCUT2D eigenvalue weighted by atomic mass is 10.1. The van der Waals surface area contributed by atoms with Crippen LogP contribution in [0.2, 0.25) is 0 Å². The second-order valence-electron chi connectivity index (χ2n) is 5.05. The SMILES string of the molecule is Cc1ccccc1/C=C/C(=O)NCC(=O)OCc1ccccc1. The summed E-state index contributed by atoms with van der Waals surface area (Å²) in [6.45, 7) is 2.02. The molecule has 0 unspecified atom stereocenters. The number of carbonyl (C=O) groups excluding carboxylic acids is 2. The number of benzene rings is 2. The molecule has 2 aromatic carbocycles. The van der Waals surface area contributed by atoms with Crippen LogP contribution in [0, 0.1) is 6.92 Å². The Labute approximate surface area is 135 Å². The number of esters is 1. The Morgan fingerprint density at radius 2 is 1.74 bits per heavy atom. The van der Waals surface area contributed by atoms with E-state index in [9.17, 15) is 9.59 Å². The number of amides is 1. The first kappa shape index (κ1) is 16.5. The van der Waals surface area contributed by atoms with Crippen LogP contribution in [0.4, 0.5) is 0 Å². The van der Waals surface area contributed by atoms with Crippen molar-refractivity contribution in [1.82, 2.24) is 5.32 Å². The van der Waals surface area contributed by atoms with Crippen LogP contribution in [-0.4, -0.2) is 18.4 Å². The number of hydrogen-bond donors (Lipinski definition) is 1. The van der Waals surface area contributed by atoms with Crippen molar-refractivity contribution < 1.29 is 14.3 Å². The van der Waals surface area contributed by atoms with E-state index in [1.807, 2.05) is 61.5 Å². The van der Waals surface area contributed by atoms with Crippen molar-refractivity contribution in [3.8, 4) is 0 Å². The molecule has 0 bridgehead atoms. The van der Waals surface area contributed by atoms with E-state index >= 15 is 0 Å². The van der Waals surface area contributed by atoms with Crippen molar-refractivity contribution in [2.75, 3.05) is 6.54 Å². The molecule has 0 spiro atoms. The minimum absolute atomic E-state index is 0.149. The molecule has 4 heteroatoms. The lowest BCUT2D eigenvalue weighted by Crippen LogP contribution is -2.29. The molecule has 0 atom stereocenters. The third-order valence-electron chi connectivity index (χ3n) is 3.25. The molecule has 0 heterocycles. The molecule has 4 nitrogen and oxygen atoms in total. The summed E-state index contributed by atoms with van der Waals surface area (Å²) in [6, 6.07) is 17.1. The number of rotatable bonds is 6. The van der Waals surface area contributed by atoms with Gasteiger partial charge in [0.1, 0.15) is 13.2 Å². The molecule has 1 N–H and O–H groups in total. The predicted octanol–water partition coefficient (Wildman–Crippen LogP) is 2.87. The highest BCUT2D eigenvalue weighted by Crippen LogP contribution is 2.08. The van der Waals surface area contributed by atoms with Gasteiger partial charge in [-0.2, -0.15) is 0 Å². The molecule has 2 rings (SSSR count). The van der Waals surface area contributed by atoms with Gasteiger partial charge in [-0.05, 0) is 29.7 Å². The second kappa shape index (κ2) is 8.54. The number of nitrogens with one attached hydrogen (secondary N) is 1. The van der Waals surface area contributed by atoms with E-state index in [4.69, 9.17) is 4.74 Å². The Morgan fingerprint density at radius 1 is 1.04 bits per heavy atom. The summed E-state index contributed by atoms with van der Waals surface area (Å²) in [7, 11) is 0. The van der Waals surface area contributed by atoms with Crippen molar-refractivity contribution in [2.24, 2.45) is 0 Å². The largest absolute Gasteiger partial charge is 0.460 e. The summed E-state index contributed by atoms with van der Waals surface area (Å²) in [5.41, 5.74) is 2.96. The summed E-state index contributed by atoms with van der Waals surface area (Å²) < 4.78 is 5.08. The van der Waals surface area contributed by atoms with E-state index in [2.05, 4.69) is 5.32 Å². The molecule has 1 amide bonds. The van der Waals surface area contributed by atoms with Crippen LogP contribution in [0.5, 0.6) is 0 Å². The van der Waals surface area contributed by atoms with Crippen molar-refractivity contribution in [1.29, 1.82) is 0 Å². The van der Waals surface area contributed by atoms with Gasteiger partial charge in [-0.1, -0.05) is 54.6 Å². The average Bonchev–Trinajstić information content (AvgIpc) is 2.58. The Bertz CT molecular complexity index is 693. The predicted molar refractivity (Wildman–Crippen MR) is 89.5 cm³/mol. The zero-order valence-electron chi connectivity index (χ0n) is 13.0. The van der Waals surface area contributed by atoms with Gasteiger partial charge in [-0.15, -0.1) is 0 Å². The van der Waals surface area contributed by atoms with Crippen LogP contribution >= 0.6 is 0 Å². The zero-order chi connectivity index (χ0) is 16.5. The summed E-state index contributed by atoms with van der Waals surface area (Å²) in [4.78, 5) is 23.3. The number of ether oxygens (including phenoxy) is 1. The van der Waals surface area contributed by atoms with Crippen LogP contribution in [0.15, 0.2) is 60.7 Å². The summed E-state index contributed by atoms with van der Waals surface area (Å²) >= 11 is 0. The molecule has 118 valence electrons. The van der Waals surface area contributed by atoms with Crippen LogP contribution in [0.1, 0.15) is 16.7 Å². The third-order valence-corrected chi connectivity index (χ3v) is 3.25. The summed E-state index contributed by atoms with van der Waals surface area (Å²) in [5, 5.41) is 2.51. The molecular formula is C19H19NO3. The van der Waals surface area contributed by atoms with Gasteiger partial charge in [0.15, 0.2) is 0 Å². The normalized spacial score (nSPS) is 10.5. The van der Waals surface area contributed by atoms with Crippen LogP contribution in [0.25, 0.3) is 6.08 Å². The highest BCUT2D eigenvalue weighted by Gasteiger charge is 2.05. The molecule has 0 aliphatic carbocycles.